The van der Waals surface area contributed by atoms with Crippen LogP contribution in [0.5, 0.6) is 0 Å². The van der Waals surface area contributed by atoms with Crippen molar-refractivity contribution in [3.8, 4) is 0 Å². The minimum Gasteiger partial charge on any atom is -0.383 e. The summed E-state index contributed by atoms with van der Waals surface area (Å²) in [6.45, 7) is 1.72. The second-order valence-electron chi connectivity index (χ2n) is 7.46. The monoisotopic (exact) mass is 436 g/mol. The van der Waals surface area contributed by atoms with Crippen LogP contribution in [0.1, 0.15) is 38.4 Å². The summed E-state index contributed by atoms with van der Waals surface area (Å²) in [4.78, 5) is 42.9. The van der Waals surface area contributed by atoms with E-state index in [9.17, 15) is 14.4 Å². The number of imide groups is 1. The quantitative estimate of drug-likeness (QED) is 0.477. The van der Waals surface area contributed by atoms with Gasteiger partial charge in [-0.05, 0) is 35.4 Å². The van der Waals surface area contributed by atoms with Crippen molar-refractivity contribution in [3.05, 3.63) is 69.9 Å². The molecule has 0 unspecified atom stereocenters. The molecule has 0 fully saturated rings. The van der Waals surface area contributed by atoms with Crippen molar-refractivity contribution in [2.45, 2.75) is 19.4 Å². The van der Waals surface area contributed by atoms with Gasteiger partial charge in [0, 0.05) is 48.0 Å². The number of methoxy groups -OCH3 is 1. The van der Waals surface area contributed by atoms with Crippen molar-refractivity contribution >= 4 is 39.8 Å². The first kappa shape index (κ1) is 21.2. The Bertz CT molecular complexity index is 1060. The van der Waals surface area contributed by atoms with Crippen LogP contribution in [0.2, 0.25) is 0 Å². The molecule has 3 aromatic rings. The number of hydrogen-bond acceptors (Lipinski definition) is 5. The molecule has 2 heterocycles. The number of hydrogen-bond donors (Lipinski definition) is 0. The average Bonchev–Trinajstić information content (AvgIpc) is 3.30. The Balaban J connectivity index is 1.42. The number of carbonyl (C=O) groups excluding carboxylic acids is 3. The van der Waals surface area contributed by atoms with Crippen molar-refractivity contribution in [2.24, 2.45) is 0 Å². The van der Waals surface area contributed by atoms with Gasteiger partial charge < -0.3 is 9.64 Å². The fourth-order valence-electron chi connectivity index (χ4n) is 3.91. The lowest BCUT2D eigenvalue weighted by molar-refractivity contribution is -0.132. The van der Waals surface area contributed by atoms with Crippen LogP contribution < -0.4 is 0 Å². The molecule has 0 N–H and O–H groups in total. The minimum absolute atomic E-state index is 0.00939. The second kappa shape index (κ2) is 9.41. The van der Waals surface area contributed by atoms with E-state index in [-0.39, 0.29) is 30.7 Å². The van der Waals surface area contributed by atoms with Gasteiger partial charge in [-0.25, -0.2) is 0 Å². The lowest BCUT2D eigenvalue weighted by Crippen LogP contribution is -2.41. The van der Waals surface area contributed by atoms with Crippen LogP contribution in [-0.2, 0) is 16.1 Å². The highest BCUT2D eigenvalue weighted by atomic mass is 32.1. The van der Waals surface area contributed by atoms with Gasteiger partial charge in [0.1, 0.15) is 0 Å². The van der Waals surface area contributed by atoms with Gasteiger partial charge >= 0.3 is 0 Å². The highest BCUT2D eigenvalue weighted by molar-refractivity contribution is 7.09. The molecule has 0 saturated heterocycles. The van der Waals surface area contributed by atoms with Crippen LogP contribution in [0.25, 0.3) is 10.8 Å². The maximum atomic E-state index is 13.0. The third-order valence-corrected chi connectivity index (χ3v) is 6.33. The van der Waals surface area contributed by atoms with Crippen molar-refractivity contribution in [3.63, 3.8) is 0 Å². The molecule has 4 rings (SSSR count). The molecule has 0 bridgehead atoms. The maximum Gasteiger partial charge on any atom is 0.261 e. The zero-order chi connectivity index (χ0) is 21.8. The molecule has 1 aliphatic heterocycles. The van der Waals surface area contributed by atoms with E-state index in [2.05, 4.69) is 0 Å². The van der Waals surface area contributed by atoms with Crippen molar-refractivity contribution in [1.82, 2.24) is 9.80 Å². The SMILES string of the molecule is COCCN(Cc1cccs1)C(=O)CCCN1C(=O)c2cccc3cccc(c23)C1=O. The van der Waals surface area contributed by atoms with Crippen molar-refractivity contribution in [2.75, 3.05) is 26.8 Å². The summed E-state index contributed by atoms with van der Waals surface area (Å²) in [5.41, 5.74) is 1.08. The summed E-state index contributed by atoms with van der Waals surface area (Å²) in [5.74, 6) is -0.599. The largest absolute Gasteiger partial charge is 0.383 e. The highest BCUT2D eigenvalue weighted by Crippen LogP contribution is 2.30. The molecule has 1 aromatic heterocycles. The Morgan fingerprint density at radius 3 is 2.35 bits per heavy atom. The molecule has 160 valence electrons. The highest BCUT2D eigenvalue weighted by Gasteiger charge is 2.32. The standard InChI is InChI=1S/C24H24N2O4S/c1-30-14-13-25(16-18-8-5-15-31-18)21(27)11-4-12-26-23(28)19-9-2-6-17-7-3-10-20(22(17)19)24(26)29/h2-3,5-10,15H,4,11-14,16H2,1H3. The molecule has 6 nitrogen and oxygen atoms in total. The van der Waals surface area contributed by atoms with E-state index in [1.54, 1.807) is 35.5 Å². The third-order valence-electron chi connectivity index (χ3n) is 5.47. The number of amides is 3. The van der Waals surface area contributed by atoms with Crippen molar-refractivity contribution < 1.29 is 19.1 Å². The number of benzene rings is 2. The summed E-state index contributed by atoms with van der Waals surface area (Å²) in [6.07, 6.45) is 0.681. The third kappa shape index (κ3) is 4.38. The lowest BCUT2D eigenvalue weighted by Gasteiger charge is -2.27. The van der Waals surface area contributed by atoms with E-state index in [4.69, 9.17) is 4.74 Å². The fourth-order valence-corrected chi connectivity index (χ4v) is 4.63. The van der Waals surface area contributed by atoms with E-state index in [0.29, 0.717) is 42.6 Å². The zero-order valence-electron chi connectivity index (χ0n) is 17.4. The number of rotatable bonds is 9. The van der Waals surface area contributed by atoms with Gasteiger partial charge in [0.2, 0.25) is 5.91 Å². The first-order valence-electron chi connectivity index (χ1n) is 10.3. The van der Waals surface area contributed by atoms with E-state index in [0.717, 1.165) is 10.3 Å². The van der Waals surface area contributed by atoms with Gasteiger partial charge in [-0.2, -0.15) is 0 Å². The molecule has 31 heavy (non-hydrogen) atoms. The Morgan fingerprint density at radius 2 is 1.74 bits per heavy atom. The molecular formula is C24H24N2O4S. The summed E-state index contributed by atoms with van der Waals surface area (Å²) >= 11 is 1.61. The van der Waals surface area contributed by atoms with Crippen LogP contribution in [0.4, 0.5) is 0 Å². The smallest absolute Gasteiger partial charge is 0.261 e. The van der Waals surface area contributed by atoms with Gasteiger partial charge in [0.05, 0.1) is 13.2 Å². The van der Waals surface area contributed by atoms with Crippen LogP contribution >= 0.6 is 11.3 Å². The van der Waals surface area contributed by atoms with Gasteiger partial charge in [0.15, 0.2) is 0 Å². The van der Waals surface area contributed by atoms with Gasteiger partial charge in [-0.1, -0.05) is 30.3 Å². The Morgan fingerprint density at radius 1 is 1.03 bits per heavy atom. The van der Waals surface area contributed by atoms with E-state index < -0.39 is 0 Å². The normalized spacial score (nSPS) is 13.1. The summed E-state index contributed by atoms with van der Waals surface area (Å²) in [7, 11) is 1.61. The Hall–Kier alpha value is -3.03. The molecule has 2 aromatic carbocycles. The predicted octanol–water partition coefficient (Wildman–Crippen LogP) is 3.95. The average molecular weight is 437 g/mol. The minimum atomic E-state index is -0.295. The van der Waals surface area contributed by atoms with Crippen LogP contribution in [0.3, 0.4) is 0 Å². The van der Waals surface area contributed by atoms with Gasteiger partial charge in [-0.3, -0.25) is 19.3 Å². The summed E-state index contributed by atoms with van der Waals surface area (Å²) < 4.78 is 5.14. The number of nitrogens with zero attached hydrogens (tertiary/aromatic N) is 2. The van der Waals surface area contributed by atoms with Gasteiger partial charge in [-0.15, -0.1) is 11.3 Å². The molecule has 0 saturated carbocycles. The maximum absolute atomic E-state index is 13.0. The van der Waals surface area contributed by atoms with Crippen LogP contribution in [0.15, 0.2) is 53.9 Å². The van der Waals surface area contributed by atoms with Gasteiger partial charge in [0.25, 0.3) is 11.8 Å². The van der Waals surface area contributed by atoms with E-state index in [1.807, 2.05) is 41.8 Å². The molecule has 1 aliphatic rings. The predicted molar refractivity (Wildman–Crippen MR) is 120 cm³/mol. The topological polar surface area (TPSA) is 66.9 Å². The molecule has 3 amide bonds. The van der Waals surface area contributed by atoms with E-state index in [1.165, 1.54) is 4.90 Å². The zero-order valence-corrected chi connectivity index (χ0v) is 18.2. The molecule has 0 spiro atoms. The molecule has 0 aliphatic carbocycles. The molecule has 0 radical (unpaired) electrons. The van der Waals surface area contributed by atoms with Crippen molar-refractivity contribution in [1.29, 1.82) is 0 Å². The summed E-state index contributed by atoms with van der Waals surface area (Å²) in [5, 5.41) is 3.59. The Kier molecular flexibility index (Phi) is 6.44. The second-order valence-corrected chi connectivity index (χ2v) is 8.49. The first-order valence-corrected chi connectivity index (χ1v) is 11.1. The summed E-state index contributed by atoms with van der Waals surface area (Å²) in [6, 6.07) is 14.9. The number of carbonyl (C=O) groups is 3. The lowest BCUT2D eigenvalue weighted by atomic mass is 9.94. The van der Waals surface area contributed by atoms with Crippen LogP contribution in [-0.4, -0.2) is 54.3 Å². The fraction of sp³-hybridized carbons (Fsp3) is 0.292. The Labute approximate surface area is 185 Å². The van der Waals surface area contributed by atoms with E-state index >= 15 is 0 Å². The first-order chi connectivity index (χ1) is 15.1. The van der Waals surface area contributed by atoms with Crippen LogP contribution in [0, 0.1) is 0 Å². The molecule has 0 atom stereocenters. The number of thiophene rings is 1. The molecule has 7 heteroatoms. The number of ether oxygens (including phenoxy) is 1. The molecular weight excluding hydrogens is 412 g/mol.